The minimum Gasteiger partial charge on any atom is -0.454 e. The molecule has 1 amide bonds. The molecule has 1 unspecified atom stereocenters. The Morgan fingerprint density at radius 1 is 1.11 bits per heavy atom. The van der Waals surface area contributed by atoms with Crippen LogP contribution >= 0.6 is 0 Å². The molecule has 1 fully saturated rings. The molecule has 0 aliphatic carbocycles. The van der Waals surface area contributed by atoms with Gasteiger partial charge in [0.2, 0.25) is 12.7 Å². The van der Waals surface area contributed by atoms with Gasteiger partial charge in [-0.1, -0.05) is 36.4 Å². The molecular formula is C22H26N2O3. The minimum absolute atomic E-state index is 0.103. The summed E-state index contributed by atoms with van der Waals surface area (Å²) in [6.45, 7) is 4.75. The second-order valence-corrected chi connectivity index (χ2v) is 7.47. The minimum atomic E-state index is -0.396. The highest BCUT2D eigenvalue weighted by molar-refractivity contribution is 5.86. The summed E-state index contributed by atoms with van der Waals surface area (Å²) in [6.07, 6.45) is 3.02. The maximum Gasteiger partial charge on any atom is 0.240 e. The van der Waals surface area contributed by atoms with Gasteiger partial charge in [0.15, 0.2) is 11.5 Å². The predicted molar refractivity (Wildman–Crippen MR) is 104 cm³/mol. The van der Waals surface area contributed by atoms with Crippen LogP contribution in [0.5, 0.6) is 11.5 Å². The molecule has 5 nitrogen and oxygen atoms in total. The molecule has 5 heteroatoms. The predicted octanol–water partition coefficient (Wildman–Crippen LogP) is 3.13. The van der Waals surface area contributed by atoms with Crippen LogP contribution in [0.15, 0.2) is 48.5 Å². The monoisotopic (exact) mass is 366 g/mol. The zero-order chi connectivity index (χ0) is 18.7. The average Bonchev–Trinajstić information content (AvgIpc) is 3.16. The van der Waals surface area contributed by atoms with Crippen molar-refractivity contribution in [1.82, 2.24) is 10.2 Å². The van der Waals surface area contributed by atoms with Gasteiger partial charge in [-0.15, -0.1) is 0 Å². The summed E-state index contributed by atoms with van der Waals surface area (Å²) in [7, 11) is 0. The molecule has 0 radical (unpaired) electrons. The quantitative estimate of drug-likeness (QED) is 0.818. The molecule has 4 rings (SSSR count). The van der Waals surface area contributed by atoms with Crippen LogP contribution in [0.25, 0.3) is 0 Å². The van der Waals surface area contributed by atoms with Gasteiger partial charge in [-0.25, -0.2) is 0 Å². The van der Waals surface area contributed by atoms with Gasteiger partial charge in [0, 0.05) is 13.1 Å². The van der Waals surface area contributed by atoms with Crippen LogP contribution in [0.2, 0.25) is 0 Å². The van der Waals surface area contributed by atoms with E-state index in [4.69, 9.17) is 9.47 Å². The maximum atomic E-state index is 12.8. The number of nitrogens with zero attached hydrogens (tertiary/aromatic N) is 1. The average molecular weight is 366 g/mol. The Morgan fingerprint density at radius 2 is 1.93 bits per heavy atom. The molecular weight excluding hydrogens is 340 g/mol. The highest BCUT2D eigenvalue weighted by Gasteiger charge is 2.46. The lowest BCUT2D eigenvalue weighted by Gasteiger charge is -2.49. The summed E-state index contributed by atoms with van der Waals surface area (Å²) in [5.41, 5.74) is 1.98. The molecule has 2 aromatic carbocycles. The molecule has 0 saturated carbocycles. The number of hydrogen-bond acceptors (Lipinski definition) is 4. The Labute approximate surface area is 160 Å². The van der Waals surface area contributed by atoms with Crippen LogP contribution in [0.4, 0.5) is 0 Å². The first-order valence-corrected chi connectivity index (χ1v) is 9.61. The third-order valence-corrected chi connectivity index (χ3v) is 5.68. The van der Waals surface area contributed by atoms with E-state index < -0.39 is 5.54 Å². The zero-order valence-corrected chi connectivity index (χ0v) is 15.7. The normalized spacial score (nSPS) is 20.9. The second-order valence-electron chi connectivity index (χ2n) is 7.47. The van der Waals surface area contributed by atoms with Crippen LogP contribution in [0.3, 0.4) is 0 Å². The summed E-state index contributed by atoms with van der Waals surface area (Å²) in [5, 5.41) is 3.09. The van der Waals surface area contributed by atoms with E-state index in [2.05, 4.69) is 34.5 Å². The van der Waals surface area contributed by atoms with E-state index in [1.165, 1.54) is 5.56 Å². The van der Waals surface area contributed by atoms with Crippen molar-refractivity contribution in [2.45, 2.75) is 38.3 Å². The number of nitrogens with one attached hydrogen (secondary N) is 1. The molecule has 142 valence electrons. The van der Waals surface area contributed by atoms with Crippen molar-refractivity contribution in [3.8, 4) is 11.5 Å². The fourth-order valence-corrected chi connectivity index (χ4v) is 3.76. The number of aryl methyl sites for hydroxylation is 1. The van der Waals surface area contributed by atoms with Crippen molar-refractivity contribution in [3.05, 3.63) is 59.7 Å². The first-order valence-electron chi connectivity index (χ1n) is 9.61. The third kappa shape index (κ3) is 3.78. The highest BCUT2D eigenvalue weighted by atomic mass is 16.7. The van der Waals surface area contributed by atoms with Crippen LogP contribution in [-0.4, -0.2) is 36.2 Å². The molecule has 2 heterocycles. The van der Waals surface area contributed by atoms with Gasteiger partial charge in [0.1, 0.15) is 0 Å². The number of carbonyl (C=O) groups excluding carboxylic acids is 1. The topological polar surface area (TPSA) is 50.8 Å². The van der Waals surface area contributed by atoms with Crippen molar-refractivity contribution >= 4 is 5.91 Å². The van der Waals surface area contributed by atoms with Crippen LogP contribution < -0.4 is 14.8 Å². The van der Waals surface area contributed by atoms with Crippen molar-refractivity contribution < 1.29 is 14.3 Å². The lowest BCUT2D eigenvalue weighted by Crippen LogP contribution is -2.65. The highest BCUT2D eigenvalue weighted by Crippen LogP contribution is 2.33. The molecule has 1 atom stereocenters. The van der Waals surface area contributed by atoms with Gasteiger partial charge in [-0.05, 0) is 56.0 Å². The molecule has 0 spiro atoms. The fourth-order valence-electron chi connectivity index (χ4n) is 3.76. The first-order chi connectivity index (χ1) is 13.1. The van der Waals surface area contributed by atoms with Crippen molar-refractivity contribution in [1.29, 1.82) is 0 Å². The van der Waals surface area contributed by atoms with Crippen molar-refractivity contribution in [2.75, 3.05) is 19.9 Å². The van der Waals surface area contributed by atoms with Gasteiger partial charge in [-0.2, -0.15) is 0 Å². The van der Waals surface area contributed by atoms with Crippen LogP contribution in [0, 0.1) is 0 Å². The molecule has 0 aromatic heterocycles. The SMILES string of the molecule is CC1(C(=O)NCc2ccc3c(c2)OCO3)CCN1CCCc1ccccc1. The van der Waals surface area contributed by atoms with E-state index in [0.29, 0.717) is 6.54 Å². The molecule has 2 aliphatic rings. The van der Waals surface area contributed by atoms with E-state index in [1.807, 2.05) is 31.2 Å². The number of benzene rings is 2. The standard InChI is InChI=1S/C22H26N2O3/c1-22(11-13-24(22)12-5-8-17-6-3-2-4-7-17)21(25)23-15-18-9-10-19-20(14-18)27-16-26-19/h2-4,6-7,9-10,14H,5,8,11-13,15-16H2,1H3,(H,23,25). The van der Waals surface area contributed by atoms with Crippen LogP contribution in [-0.2, 0) is 17.8 Å². The first kappa shape index (κ1) is 17.9. The van der Waals surface area contributed by atoms with E-state index in [-0.39, 0.29) is 12.7 Å². The number of ether oxygens (including phenoxy) is 2. The Balaban J connectivity index is 1.27. The number of fused-ring (bicyclic) bond motifs is 1. The van der Waals surface area contributed by atoms with Gasteiger partial charge < -0.3 is 14.8 Å². The molecule has 1 saturated heterocycles. The third-order valence-electron chi connectivity index (χ3n) is 5.68. The number of rotatable bonds is 7. The summed E-state index contributed by atoms with van der Waals surface area (Å²) in [4.78, 5) is 15.1. The summed E-state index contributed by atoms with van der Waals surface area (Å²) >= 11 is 0. The summed E-state index contributed by atoms with van der Waals surface area (Å²) < 4.78 is 10.7. The van der Waals surface area contributed by atoms with E-state index in [9.17, 15) is 4.79 Å². The van der Waals surface area contributed by atoms with Gasteiger partial charge in [-0.3, -0.25) is 9.69 Å². The van der Waals surface area contributed by atoms with E-state index >= 15 is 0 Å². The van der Waals surface area contributed by atoms with Crippen molar-refractivity contribution in [2.24, 2.45) is 0 Å². The van der Waals surface area contributed by atoms with Gasteiger partial charge in [0.25, 0.3) is 0 Å². The number of likely N-dealkylation sites (tertiary alicyclic amines) is 1. The van der Waals surface area contributed by atoms with Gasteiger partial charge >= 0.3 is 0 Å². The Bertz CT molecular complexity index is 808. The van der Waals surface area contributed by atoms with E-state index in [0.717, 1.165) is 49.4 Å². The summed E-state index contributed by atoms with van der Waals surface area (Å²) in [5.74, 6) is 1.62. The smallest absolute Gasteiger partial charge is 0.240 e. The van der Waals surface area contributed by atoms with E-state index in [1.54, 1.807) is 0 Å². The maximum absolute atomic E-state index is 12.8. The summed E-state index contributed by atoms with van der Waals surface area (Å²) in [6, 6.07) is 16.3. The fraction of sp³-hybridized carbons (Fsp3) is 0.409. The zero-order valence-electron chi connectivity index (χ0n) is 15.7. The lowest BCUT2D eigenvalue weighted by atomic mass is 9.85. The largest absolute Gasteiger partial charge is 0.454 e. The molecule has 27 heavy (non-hydrogen) atoms. The van der Waals surface area contributed by atoms with Crippen LogP contribution in [0.1, 0.15) is 30.9 Å². The molecule has 2 aliphatic heterocycles. The molecule has 1 N–H and O–H groups in total. The lowest BCUT2D eigenvalue weighted by molar-refractivity contribution is -0.141. The Kier molecular flexibility index (Phi) is 5.03. The van der Waals surface area contributed by atoms with Gasteiger partial charge in [0.05, 0.1) is 5.54 Å². The number of hydrogen-bond donors (Lipinski definition) is 1. The Hall–Kier alpha value is -2.53. The number of carbonyl (C=O) groups is 1. The molecule has 2 aromatic rings. The number of amides is 1. The van der Waals surface area contributed by atoms with Crippen molar-refractivity contribution in [3.63, 3.8) is 0 Å². The molecule has 0 bridgehead atoms. The second kappa shape index (κ2) is 7.61. The Morgan fingerprint density at radius 3 is 2.70 bits per heavy atom.